The molecule has 0 spiro atoms. The molecule has 2 heterocycles. The number of likely N-dealkylation sites (tertiary alicyclic amines) is 1. The van der Waals surface area contributed by atoms with E-state index in [9.17, 15) is 4.79 Å². The van der Waals surface area contributed by atoms with Gasteiger partial charge in [0.1, 0.15) is 0 Å². The number of aryl methyl sites for hydroxylation is 1. The molecule has 1 fully saturated rings. The molecule has 0 aliphatic carbocycles. The van der Waals surface area contributed by atoms with Crippen molar-refractivity contribution in [2.75, 3.05) is 13.1 Å². The zero-order chi connectivity index (χ0) is 24.4. The molecule has 1 aromatic heterocycles. The van der Waals surface area contributed by atoms with Crippen molar-refractivity contribution in [1.82, 2.24) is 9.88 Å². The van der Waals surface area contributed by atoms with Gasteiger partial charge in [0.05, 0.1) is 12.1 Å². The third-order valence-electron chi connectivity index (χ3n) is 6.89. The van der Waals surface area contributed by atoms with Gasteiger partial charge in [-0.25, -0.2) is 9.83 Å². The van der Waals surface area contributed by atoms with Crippen LogP contribution in [-0.4, -0.2) is 28.9 Å². The fourth-order valence-corrected chi connectivity index (χ4v) is 4.87. The van der Waals surface area contributed by atoms with Crippen molar-refractivity contribution in [1.29, 1.82) is 0 Å². The highest BCUT2D eigenvalue weighted by Gasteiger charge is 2.27. The Kier molecular flexibility index (Phi) is 6.37. The minimum atomic E-state index is 0.0834. The molecule has 5 heteroatoms. The number of hydrogen-bond donors (Lipinski definition) is 0. The minimum Gasteiger partial charge on any atom is -0.436 e. The Hall–Kier alpha value is -3.91. The van der Waals surface area contributed by atoms with E-state index in [-0.39, 0.29) is 11.8 Å². The lowest BCUT2D eigenvalue weighted by Gasteiger charge is -2.17. The monoisotopic (exact) mass is 463 g/mol. The summed E-state index contributed by atoms with van der Waals surface area (Å²) in [5, 5.41) is 0. The fraction of sp³-hybridized carbons (Fsp3) is 0.300. The smallest absolute Gasteiger partial charge is 0.253 e. The lowest BCUT2D eigenvalue weighted by Crippen LogP contribution is -2.28. The van der Waals surface area contributed by atoms with Crippen LogP contribution >= 0.6 is 0 Å². The molecule has 5 nitrogen and oxygen atoms in total. The number of rotatable bonds is 6. The highest BCUT2D eigenvalue weighted by Crippen LogP contribution is 2.34. The number of carbonyl (C=O) groups is 1. The number of nitrogens with zero attached hydrogens (tertiary/aromatic N) is 3. The van der Waals surface area contributed by atoms with E-state index in [2.05, 4.69) is 47.9 Å². The molecular weight excluding hydrogens is 434 g/mol. The van der Waals surface area contributed by atoms with Gasteiger partial charge in [0.25, 0.3) is 5.91 Å². The first kappa shape index (κ1) is 22.9. The first-order chi connectivity index (χ1) is 17.0. The normalized spacial score (nSPS) is 15.6. The Bertz CT molecular complexity index is 1380. The van der Waals surface area contributed by atoms with E-state index in [1.807, 2.05) is 41.3 Å². The number of carbonyl (C=O) groups excluding carboxylic acids is 1. The van der Waals surface area contributed by atoms with E-state index < -0.39 is 0 Å². The summed E-state index contributed by atoms with van der Waals surface area (Å²) < 4.78 is 6.11. The SMILES string of the molecule is [C-]#[N+]c1cc(C(C)C)c2oc(-c3ccc(C(=O)N4CCC(CCc5ccccc5)C4)cc3)nc2c1. The second kappa shape index (κ2) is 9.76. The predicted molar refractivity (Wildman–Crippen MR) is 139 cm³/mol. The van der Waals surface area contributed by atoms with Gasteiger partial charge in [-0.05, 0) is 78.6 Å². The van der Waals surface area contributed by atoms with E-state index in [1.165, 1.54) is 5.56 Å². The van der Waals surface area contributed by atoms with Gasteiger partial charge in [0, 0.05) is 24.2 Å². The highest BCUT2D eigenvalue weighted by molar-refractivity contribution is 5.95. The second-order valence-corrected chi connectivity index (χ2v) is 9.68. The Morgan fingerprint density at radius 1 is 1.14 bits per heavy atom. The van der Waals surface area contributed by atoms with Crippen molar-refractivity contribution in [3.8, 4) is 11.5 Å². The van der Waals surface area contributed by atoms with Crippen molar-refractivity contribution in [3.63, 3.8) is 0 Å². The number of aromatic nitrogens is 1. The van der Waals surface area contributed by atoms with Gasteiger partial charge in [-0.2, -0.15) is 0 Å². The molecule has 1 aliphatic rings. The molecule has 0 saturated carbocycles. The average molecular weight is 464 g/mol. The zero-order valence-corrected chi connectivity index (χ0v) is 20.2. The van der Waals surface area contributed by atoms with Gasteiger partial charge in [-0.15, -0.1) is 0 Å². The zero-order valence-electron chi connectivity index (χ0n) is 20.2. The van der Waals surface area contributed by atoms with Crippen LogP contribution in [0, 0.1) is 12.5 Å². The first-order valence-corrected chi connectivity index (χ1v) is 12.3. The van der Waals surface area contributed by atoms with Crippen LogP contribution in [-0.2, 0) is 6.42 Å². The van der Waals surface area contributed by atoms with Gasteiger partial charge < -0.3 is 9.32 Å². The van der Waals surface area contributed by atoms with Crippen LogP contribution in [0.2, 0.25) is 0 Å². The van der Waals surface area contributed by atoms with Crippen LogP contribution in [0.5, 0.6) is 0 Å². The summed E-state index contributed by atoms with van der Waals surface area (Å²) in [6, 6.07) is 21.7. The van der Waals surface area contributed by atoms with Crippen molar-refractivity contribution < 1.29 is 9.21 Å². The predicted octanol–water partition coefficient (Wildman–Crippen LogP) is 7.26. The van der Waals surface area contributed by atoms with E-state index >= 15 is 0 Å². The van der Waals surface area contributed by atoms with Crippen molar-refractivity contribution in [2.45, 2.75) is 39.0 Å². The van der Waals surface area contributed by atoms with E-state index in [0.717, 1.165) is 49.1 Å². The summed E-state index contributed by atoms with van der Waals surface area (Å²) in [5.74, 6) is 1.36. The largest absolute Gasteiger partial charge is 0.436 e. The minimum absolute atomic E-state index is 0.0834. The molecule has 0 bridgehead atoms. The second-order valence-electron chi connectivity index (χ2n) is 9.68. The van der Waals surface area contributed by atoms with E-state index in [4.69, 9.17) is 11.0 Å². The molecule has 1 atom stereocenters. The molecule has 1 unspecified atom stereocenters. The Balaban J connectivity index is 1.27. The number of amides is 1. The maximum Gasteiger partial charge on any atom is 0.253 e. The third-order valence-corrected chi connectivity index (χ3v) is 6.89. The van der Waals surface area contributed by atoms with Gasteiger partial charge >= 0.3 is 0 Å². The molecule has 3 aromatic carbocycles. The summed E-state index contributed by atoms with van der Waals surface area (Å²) in [5.41, 5.74) is 5.82. The van der Waals surface area contributed by atoms with Gasteiger partial charge in [0.15, 0.2) is 11.3 Å². The summed E-state index contributed by atoms with van der Waals surface area (Å²) >= 11 is 0. The number of hydrogen-bond acceptors (Lipinski definition) is 3. The fourth-order valence-electron chi connectivity index (χ4n) is 4.87. The Labute approximate surface area is 206 Å². The molecule has 0 N–H and O–H groups in total. The van der Waals surface area contributed by atoms with Crippen LogP contribution < -0.4 is 0 Å². The number of oxazole rings is 1. The van der Waals surface area contributed by atoms with Crippen molar-refractivity contribution in [3.05, 3.63) is 94.8 Å². The van der Waals surface area contributed by atoms with Crippen LogP contribution in [0.15, 0.2) is 71.1 Å². The first-order valence-electron chi connectivity index (χ1n) is 12.3. The van der Waals surface area contributed by atoms with Crippen LogP contribution in [0.4, 0.5) is 5.69 Å². The molecule has 4 aromatic rings. The third kappa shape index (κ3) is 4.83. The Morgan fingerprint density at radius 2 is 1.91 bits per heavy atom. The van der Waals surface area contributed by atoms with Crippen LogP contribution in [0.3, 0.4) is 0 Å². The molecule has 5 rings (SSSR count). The van der Waals surface area contributed by atoms with Crippen LogP contribution in [0.1, 0.15) is 54.1 Å². The van der Waals surface area contributed by atoms with Crippen molar-refractivity contribution in [2.24, 2.45) is 5.92 Å². The van der Waals surface area contributed by atoms with Crippen molar-refractivity contribution >= 4 is 22.7 Å². The highest BCUT2D eigenvalue weighted by atomic mass is 16.3. The molecule has 1 aliphatic heterocycles. The lowest BCUT2D eigenvalue weighted by atomic mass is 9.99. The topological polar surface area (TPSA) is 50.7 Å². The lowest BCUT2D eigenvalue weighted by molar-refractivity contribution is 0.0786. The molecule has 176 valence electrons. The summed E-state index contributed by atoms with van der Waals surface area (Å²) in [4.78, 5) is 23.3. The van der Waals surface area contributed by atoms with Crippen LogP contribution in [0.25, 0.3) is 27.4 Å². The molecule has 0 radical (unpaired) electrons. The van der Waals surface area contributed by atoms with E-state index in [0.29, 0.717) is 28.6 Å². The molecular formula is C30H29N3O2. The summed E-state index contributed by atoms with van der Waals surface area (Å²) in [6.45, 7) is 13.2. The van der Waals surface area contributed by atoms with E-state index in [1.54, 1.807) is 6.07 Å². The maximum absolute atomic E-state index is 13.1. The molecule has 1 saturated heterocycles. The van der Waals surface area contributed by atoms with Gasteiger partial charge in [0.2, 0.25) is 5.89 Å². The molecule has 35 heavy (non-hydrogen) atoms. The standard InChI is InChI=1S/C30H29N3O2/c1-20(2)26-17-25(31-3)18-27-28(26)35-29(32-27)23-11-13-24(14-12-23)30(34)33-16-15-22(19-33)10-9-21-7-5-4-6-8-21/h4-8,11-14,17-18,20,22H,9-10,15-16,19H2,1-2H3. The number of fused-ring (bicyclic) bond motifs is 1. The summed E-state index contributed by atoms with van der Waals surface area (Å²) in [6.07, 6.45) is 3.23. The maximum atomic E-state index is 13.1. The summed E-state index contributed by atoms with van der Waals surface area (Å²) in [7, 11) is 0. The quantitative estimate of drug-likeness (QED) is 0.283. The Morgan fingerprint density at radius 3 is 2.63 bits per heavy atom. The van der Waals surface area contributed by atoms with Gasteiger partial charge in [-0.1, -0.05) is 44.2 Å². The number of benzene rings is 3. The average Bonchev–Trinajstić information content (AvgIpc) is 3.54. The van der Waals surface area contributed by atoms with Gasteiger partial charge in [-0.3, -0.25) is 4.79 Å². The molecule has 1 amide bonds.